The van der Waals surface area contributed by atoms with E-state index in [1.807, 2.05) is 37.6 Å². The average Bonchev–Trinajstić information content (AvgIpc) is 3.30. The zero-order chi connectivity index (χ0) is 51.8. The fraction of sp³-hybridized carbons (Fsp3) is 0.400. The average molecular weight is 995 g/mol. The first-order valence-electron chi connectivity index (χ1n) is 21.7. The van der Waals surface area contributed by atoms with E-state index in [2.05, 4.69) is 21.0 Å². The first-order chi connectivity index (χ1) is 32.8. The molecule has 0 unspecified atom stereocenters. The van der Waals surface area contributed by atoms with Crippen LogP contribution in [0.2, 0.25) is 0 Å². The number of amides is 4. The Morgan fingerprint density at radius 3 is 2.11 bits per heavy atom. The molecular formula is C45H58N10O14S. The van der Waals surface area contributed by atoms with Crippen molar-refractivity contribution in [3.8, 4) is 34.1 Å². The van der Waals surface area contributed by atoms with E-state index in [1.54, 1.807) is 12.1 Å². The van der Waals surface area contributed by atoms with Gasteiger partial charge in [-0.2, -0.15) is 22.9 Å². The van der Waals surface area contributed by atoms with E-state index in [0.717, 1.165) is 40.5 Å². The molecule has 24 nitrogen and oxygen atoms in total. The zero-order valence-corrected chi connectivity index (χ0v) is 39.7. The minimum Gasteiger partial charge on any atom is -0.504 e. The Morgan fingerprint density at radius 2 is 1.54 bits per heavy atom. The molecule has 70 heavy (non-hydrogen) atoms. The van der Waals surface area contributed by atoms with Crippen molar-refractivity contribution in [2.24, 2.45) is 16.6 Å². The van der Waals surface area contributed by atoms with E-state index < -0.39 is 101 Å². The number of likely N-dealkylation sites (N-methyl/N-ethyl adjacent to an activating group) is 1. The lowest BCUT2D eigenvalue weighted by Crippen LogP contribution is -2.57. The van der Waals surface area contributed by atoms with Gasteiger partial charge in [-0.25, -0.2) is 9.93 Å². The van der Waals surface area contributed by atoms with Gasteiger partial charge in [-0.3, -0.25) is 24.0 Å². The van der Waals surface area contributed by atoms with Crippen molar-refractivity contribution in [1.29, 1.82) is 0 Å². The topological polar surface area (TPSA) is 383 Å². The van der Waals surface area contributed by atoms with Gasteiger partial charge in [-0.15, -0.1) is 0 Å². The predicted octanol–water partition coefficient (Wildman–Crippen LogP) is -1.98. The Kier molecular flexibility index (Phi) is 17.4. The quantitative estimate of drug-likeness (QED) is 0.0546. The Labute approximate surface area is 402 Å². The number of benzene rings is 3. The van der Waals surface area contributed by atoms with Crippen molar-refractivity contribution >= 4 is 39.8 Å². The van der Waals surface area contributed by atoms with Crippen molar-refractivity contribution in [3.63, 3.8) is 0 Å². The number of carboxylic acid groups (broad SMARTS) is 1. The maximum absolute atomic E-state index is 14.7. The van der Waals surface area contributed by atoms with Gasteiger partial charge in [0.25, 0.3) is 21.7 Å². The molecule has 4 amide bonds. The van der Waals surface area contributed by atoms with Crippen LogP contribution in [0, 0.1) is 0 Å². The lowest BCUT2D eigenvalue weighted by atomic mass is 9.87. The maximum Gasteiger partial charge on any atom is 0.326 e. The van der Waals surface area contributed by atoms with E-state index in [-0.39, 0.29) is 65.3 Å². The third kappa shape index (κ3) is 13.6. The van der Waals surface area contributed by atoms with Crippen LogP contribution in [-0.4, -0.2) is 143 Å². The van der Waals surface area contributed by atoms with E-state index in [1.165, 1.54) is 31.2 Å². The molecule has 4 bridgehead atoms. The molecule has 0 saturated carbocycles. The Morgan fingerprint density at radius 1 is 0.914 bits per heavy atom. The molecule has 2 heterocycles. The summed E-state index contributed by atoms with van der Waals surface area (Å²) in [6.45, 7) is 5.05. The fourth-order valence-electron chi connectivity index (χ4n) is 7.14. The number of hydrogen-bond donors (Lipinski definition) is 11. The summed E-state index contributed by atoms with van der Waals surface area (Å²) < 4.78 is 39.1. The monoisotopic (exact) mass is 994 g/mol. The molecule has 1 aromatic heterocycles. The number of phenols is 1. The fourth-order valence-corrected chi connectivity index (χ4v) is 7.53. The van der Waals surface area contributed by atoms with Gasteiger partial charge in [0.15, 0.2) is 11.5 Å². The summed E-state index contributed by atoms with van der Waals surface area (Å²) in [4.78, 5) is 83.3. The number of carboxylic acids is 1. The van der Waals surface area contributed by atoms with Gasteiger partial charge < -0.3 is 62.2 Å². The second-order valence-electron chi connectivity index (χ2n) is 17.5. The summed E-state index contributed by atoms with van der Waals surface area (Å²) in [7, 11) is -3.45. The van der Waals surface area contributed by atoms with Gasteiger partial charge in [0.2, 0.25) is 17.7 Å². The molecule has 1 aliphatic rings. The highest BCUT2D eigenvalue weighted by Gasteiger charge is 2.37. The van der Waals surface area contributed by atoms with Gasteiger partial charge in [0.05, 0.1) is 17.4 Å². The van der Waals surface area contributed by atoms with Crippen LogP contribution >= 0.6 is 0 Å². The normalized spacial score (nSPS) is 17.7. The molecule has 5 rings (SSSR count). The molecule has 0 radical (unpaired) electrons. The van der Waals surface area contributed by atoms with Crippen LogP contribution < -0.4 is 52.3 Å². The number of carbonyl (C=O) groups excluding carboxylic acids is 4. The number of nitrogens with two attached hydrogens (primary N) is 3. The number of aliphatic hydroxyl groups excluding tert-OH is 2. The van der Waals surface area contributed by atoms with Crippen molar-refractivity contribution in [1.82, 2.24) is 35.4 Å². The minimum atomic E-state index is -4.55. The lowest BCUT2D eigenvalue weighted by Gasteiger charge is -2.32. The molecule has 1 aliphatic heterocycles. The molecule has 0 aliphatic carbocycles. The zero-order valence-electron chi connectivity index (χ0n) is 38.9. The van der Waals surface area contributed by atoms with Crippen LogP contribution in [-0.2, 0) is 41.2 Å². The molecule has 6 atom stereocenters. The van der Waals surface area contributed by atoms with Crippen molar-refractivity contribution in [2.75, 3.05) is 39.9 Å². The molecule has 3 aromatic carbocycles. The van der Waals surface area contributed by atoms with Crippen LogP contribution in [0.1, 0.15) is 60.8 Å². The van der Waals surface area contributed by atoms with Gasteiger partial charge in [-0.1, -0.05) is 39.0 Å². The molecular weight excluding hydrogens is 937 g/mol. The molecule has 0 saturated heterocycles. The van der Waals surface area contributed by atoms with Crippen molar-refractivity contribution < 1.29 is 62.3 Å². The third-order valence-electron chi connectivity index (χ3n) is 11.1. The second kappa shape index (κ2) is 22.6. The summed E-state index contributed by atoms with van der Waals surface area (Å²) >= 11 is 0. The van der Waals surface area contributed by atoms with Crippen LogP contribution in [0.3, 0.4) is 0 Å². The second-order valence-corrected chi connectivity index (χ2v) is 18.9. The van der Waals surface area contributed by atoms with E-state index >= 15 is 0 Å². The number of nitrogens with zero attached hydrogens (tertiary/aromatic N) is 3. The Balaban J connectivity index is 1.65. The van der Waals surface area contributed by atoms with E-state index in [9.17, 15) is 57.6 Å². The van der Waals surface area contributed by atoms with Gasteiger partial charge in [-0.05, 0) is 65.4 Å². The number of fused-ring (bicyclic) bond motifs is 5. The van der Waals surface area contributed by atoms with Gasteiger partial charge in [0, 0.05) is 50.3 Å². The maximum atomic E-state index is 14.7. The number of ether oxygens (including phenoxy) is 2. The highest BCUT2D eigenvalue weighted by molar-refractivity contribution is 7.87. The van der Waals surface area contributed by atoms with Crippen molar-refractivity contribution in [2.45, 2.75) is 75.9 Å². The number of aliphatic hydroxyl groups is 2. The number of aliphatic carboxylic acids is 1. The summed E-state index contributed by atoms with van der Waals surface area (Å²) in [5.74, 6) is -6.73. The molecule has 378 valence electrons. The first kappa shape index (κ1) is 53.9. The molecule has 14 N–H and O–H groups in total. The number of nitrogens with one attached hydrogen (secondary N) is 4. The highest BCUT2D eigenvalue weighted by atomic mass is 32.2. The van der Waals surface area contributed by atoms with Crippen LogP contribution in [0.4, 0.5) is 0 Å². The number of carbonyl (C=O) groups is 5. The Hall–Kier alpha value is -7.00. The van der Waals surface area contributed by atoms with Crippen molar-refractivity contribution in [3.05, 3.63) is 99.5 Å². The van der Waals surface area contributed by atoms with Gasteiger partial charge >= 0.3 is 5.97 Å². The van der Waals surface area contributed by atoms with Crippen LogP contribution in [0.25, 0.3) is 16.8 Å². The molecule has 4 aromatic rings. The minimum absolute atomic E-state index is 0.00357. The smallest absolute Gasteiger partial charge is 0.326 e. The van der Waals surface area contributed by atoms with Gasteiger partial charge in [0.1, 0.15) is 55.3 Å². The Bertz CT molecular complexity index is 2770. The largest absolute Gasteiger partial charge is 0.504 e. The first-order valence-corrected chi connectivity index (χ1v) is 23.3. The standard InChI is InChI=1S/C45H58N10O14S/c1-23-40(60)52-33(44(64)65)13-24-6-11-35(68-21-29(56)17-46)31(12-24)32-14-25(15-36(39(32)59)69-22-30(57)18-47)38(42(62)51-23)54(5)43(63)34(20-50-70(48,66)67)53-41(61)26-16-37(58)55(49-19-26)28-9-7-27(8-10-28)45(2,3)4/h6-12,14-16,19,23,29-30,33-34,38,50,56-57,59H,13,17-18,20-22,46-47H2,1-5H3,(H,51,62)(H,52,60)(H,53,61)(H,64,65)(H2,48,66,67)/t23-,29+,30+,33-,34-,38-/m0/s1. The lowest BCUT2D eigenvalue weighted by molar-refractivity contribution is -0.143. The number of aromatic nitrogens is 2. The highest BCUT2D eigenvalue weighted by Crippen LogP contribution is 2.45. The number of phenolic OH excluding ortho intramolecular Hbond substituents is 1. The number of hydrogen-bond acceptors (Lipinski definition) is 16. The molecule has 25 heteroatoms. The summed E-state index contributed by atoms with van der Waals surface area (Å²) in [5, 5.41) is 59.2. The summed E-state index contributed by atoms with van der Waals surface area (Å²) in [6, 6.07) is 7.83. The SMILES string of the molecule is C[C@@H]1NC(=O)[C@@H](N(C)C(=O)[C@H](CNS(N)(=O)=O)NC(=O)c2cnn(-c3ccc(C(C)(C)C)cc3)c(=O)c2)c2cc(OC[C@H](O)CN)c(O)c(c2)-c2cc(ccc2OC[C@H](O)CN)C[C@@H](C(=O)O)NC1=O. The molecule has 0 fully saturated rings. The summed E-state index contributed by atoms with van der Waals surface area (Å²) in [6.07, 6.45) is -1.69. The van der Waals surface area contributed by atoms with Crippen LogP contribution in [0.15, 0.2) is 71.7 Å². The third-order valence-corrected chi connectivity index (χ3v) is 11.6. The van der Waals surface area contributed by atoms with Crippen LogP contribution in [0.5, 0.6) is 17.2 Å². The molecule has 0 spiro atoms. The number of aromatic hydroxyl groups is 1. The van der Waals surface area contributed by atoms with E-state index in [0.29, 0.717) is 11.3 Å². The van der Waals surface area contributed by atoms with E-state index in [4.69, 9.17) is 26.1 Å². The number of rotatable bonds is 17. The predicted molar refractivity (Wildman–Crippen MR) is 252 cm³/mol. The summed E-state index contributed by atoms with van der Waals surface area (Å²) in [5.41, 5.74) is 11.3.